The molecule has 2 aliphatic rings. The Kier molecular flexibility index (Phi) is 8.47. The van der Waals surface area contributed by atoms with Gasteiger partial charge >= 0.3 is 0 Å². The lowest BCUT2D eigenvalue weighted by atomic mass is 10.0. The Hall–Kier alpha value is -2.17. The maximum Gasteiger partial charge on any atom is 0.277 e. The molecule has 1 aromatic rings. The molecule has 4 nitrogen and oxygen atoms in total. The number of likely N-dealkylation sites (tertiary alicyclic amines) is 1. The molecule has 5 heteroatoms. The van der Waals surface area contributed by atoms with E-state index in [2.05, 4.69) is 11.8 Å². The van der Waals surface area contributed by atoms with Gasteiger partial charge in [0, 0.05) is 19.6 Å². The summed E-state index contributed by atoms with van der Waals surface area (Å²) in [5.41, 5.74) is 1.60. The predicted octanol–water partition coefficient (Wildman–Crippen LogP) is 5.53. The van der Waals surface area contributed by atoms with Gasteiger partial charge in [0.25, 0.3) is 11.8 Å². The minimum absolute atomic E-state index is 0.177. The molecule has 1 saturated heterocycles. The number of hydrogen-bond donors (Lipinski definition) is 0. The molecule has 0 unspecified atom stereocenters. The molecule has 0 spiro atoms. The smallest absolute Gasteiger partial charge is 0.277 e. The van der Waals surface area contributed by atoms with Gasteiger partial charge in [-0.3, -0.25) is 14.5 Å². The molecule has 2 amide bonds. The van der Waals surface area contributed by atoms with Gasteiger partial charge in [0.2, 0.25) is 0 Å². The third kappa shape index (κ3) is 5.50. The summed E-state index contributed by atoms with van der Waals surface area (Å²) in [7, 11) is 0. The second-order valence-electron chi connectivity index (χ2n) is 8.52. The van der Waals surface area contributed by atoms with Gasteiger partial charge in [-0.05, 0) is 43.4 Å². The fraction of sp³-hybridized carbons (Fsp3) is 0.600. The topological polar surface area (TPSA) is 40.6 Å². The first kappa shape index (κ1) is 22.5. The second kappa shape index (κ2) is 11.3. The van der Waals surface area contributed by atoms with Crippen molar-refractivity contribution in [3.05, 3.63) is 41.3 Å². The summed E-state index contributed by atoms with van der Waals surface area (Å²) >= 11 is 0. The summed E-state index contributed by atoms with van der Waals surface area (Å²) in [5, 5.41) is 0. The van der Waals surface area contributed by atoms with Gasteiger partial charge in [-0.15, -0.1) is 0 Å². The van der Waals surface area contributed by atoms with Crippen LogP contribution in [-0.2, 0) is 9.59 Å². The van der Waals surface area contributed by atoms with Crippen molar-refractivity contribution in [1.29, 1.82) is 0 Å². The largest absolute Gasteiger partial charge is 0.366 e. The monoisotopic (exact) mass is 414 g/mol. The lowest BCUT2D eigenvalue weighted by molar-refractivity contribution is -0.137. The summed E-state index contributed by atoms with van der Waals surface area (Å²) in [4.78, 5) is 29.9. The van der Waals surface area contributed by atoms with Crippen LogP contribution in [0.15, 0.2) is 30.0 Å². The first-order valence-corrected chi connectivity index (χ1v) is 11.7. The third-order valence-electron chi connectivity index (χ3n) is 6.18. The molecule has 0 bridgehead atoms. The molecule has 0 radical (unpaired) electrons. The Balaban J connectivity index is 1.66. The minimum Gasteiger partial charge on any atom is -0.366 e. The lowest BCUT2D eigenvalue weighted by Crippen LogP contribution is -2.37. The quantitative estimate of drug-likeness (QED) is 0.353. The van der Waals surface area contributed by atoms with E-state index in [1.807, 2.05) is 0 Å². The Morgan fingerprint density at radius 2 is 1.40 bits per heavy atom. The van der Waals surface area contributed by atoms with Crippen LogP contribution in [-0.4, -0.2) is 41.2 Å². The molecule has 1 aromatic carbocycles. The number of rotatable bonds is 11. The predicted molar refractivity (Wildman–Crippen MR) is 118 cm³/mol. The highest BCUT2D eigenvalue weighted by atomic mass is 19.1. The Labute approximate surface area is 180 Å². The average molecular weight is 415 g/mol. The fourth-order valence-corrected chi connectivity index (χ4v) is 4.46. The fourth-order valence-electron chi connectivity index (χ4n) is 4.46. The first-order chi connectivity index (χ1) is 14.6. The van der Waals surface area contributed by atoms with E-state index in [1.54, 1.807) is 12.1 Å². The molecule has 0 N–H and O–H groups in total. The number of nitrogens with zero attached hydrogens (tertiary/aromatic N) is 2. The number of carbonyl (C=O) groups excluding carboxylic acids is 2. The number of carbonyl (C=O) groups is 2. The van der Waals surface area contributed by atoms with Crippen LogP contribution in [0.5, 0.6) is 0 Å². The lowest BCUT2D eigenvalue weighted by Gasteiger charge is -2.29. The maximum absolute atomic E-state index is 13.4. The van der Waals surface area contributed by atoms with E-state index in [0.717, 1.165) is 51.6 Å². The van der Waals surface area contributed by atoms with E-state index in [9.17, 15) is 14.0 Å². The van der Waals surface area contributed by atoms with Gasteiger partial charge in [-0.2, -0.15) is 0 Å². The summed E-state index contributed by atoms with van der Waals surface area (Å²) < 4.78 is 13.4. The molecule has 30 heavy (non-hydrogen) atoms. The van der Waals surface area contributed by atoms with Gasteiger partial charge in [-0.25, -0.2) is 4.39 Å². The zero-order chi connectivity index (χ0) is 21.3. The number of unbranched alkanes of at least 4 members (excludes halogenated alkanes) is 7. The van der Waals surface area contributed by atoms with E-state index in [4.69, 9.17) is 0 Å². The minimum atomic E-state index is -0.341. The molecule has 0 atom stereocenters. The molecule has 3 rings (SSSR count). The zero-order valence-corrected chi connectivity index (χ0v) is 18.3. The van der Waals surface area contributed by atoms with E-state index >= 15 is 0 Å². The van der Waals surface area contributed by atoms with Crippen molar-refractivity contribution in [2.24, 2.45) is 0 Å². The Morgan fingerprint density at radius 3 is 2.03 bits per heavy atom. The van der Waals surface area contributed by atoms with Gasteiger partial charge in [-0.1, -0.05) is 64.0 Å². The zero-order valence-electron chi connectivity index (χ0n) is 18.3. The van der Waals surface area contributed by atoms with Gasteiger partial charge in [0.05, 0.1) is 5.57 Å². The summed E-state index contributed by atoms with van der Waals surface area (Å²) in [6.45, 7) is 4.28. The van der Waals surface area contributed by atoms with Crippen molar-refractivity contribution in [1.82, 2.24) is 9.80 Å². The van der Waals surface area contributed by atoms with E-state index in [-0.39, 0.29) is 17.6 Å². The van der Waals surface area contributed by atoms with Crippen molar-refractivity contribution in [2.45, 2.75) is 77.6 Å². The van der Waals surface area contributed by atoms with Crippen molar-refractivity contribution < 1.29 is 14.0 Å². The van der Waals surface area contributed by atoms with Crippen LogP contribution in [0.3, 0.4) is 0 Å². The summed E-state index contributed by atoms with van der Waals surface area (Å²) in [5.74, 6) is -0.745. The SMILES string of the molecule is CCCCCCCCCCN1C(=O)C(c2ccc(F)cc2)=C(N2CCCCC2)C1=O. The van der Waals surface area contributed by atoms with Crippen LogP contribution in [0.25, 0.3) is 5.57 Å². The van der Waals surface area contributed by atoms with Crippen LogP contribution in [0.2, 0.25) is 0 Å². The van der Waals surface area contributed by atoms with Gasteiger partial charge in [0.15, 0.2) is 0 Å². The third-order valence-corrected chi connectivity index (χ3v) is 6.18. The number of hydrogen-bond acceptors (Lipinski definition) is 3. The summed E-state index contributed by atoms with van der Waals surface area (Å²) in [6.07, 6.45) is 12.6. The molecular weight excluding hydrogens is 379 g/mol. The first-order valence-electron chi connectivity index (χ1n) is 11.7. The molecule has 164 valence electrons. The van der Waals surface area contributed by atoms with Crippen LogP contribution < -0.4 is 0 Å². The summed E-state index contributed by atoms with van der Waals surface area (Å²) in [6, 6.07) is 5.93. The van der Waals surface area contributed by atoms with Crippen molar-refractivity contribution in [3.63, 3.8) is 0 Å². The molecule has 2 heterocycles. The average Bonchev–Trinajstić information content (AvgIpc) is 3.01. The molecule has 0 saturated carbocycles. The second-order valence-corrected chi connectivity index (χ2v) is 8.52. The molecule has 0 aliphatic carbocycles. The van der Waals surface area contributed by atoms with Gasteiger partial charge < -0.3 is 4.90 Å². The molecule has 1 fully saturated rings. The number of piperidine rings is 1. The molecule has 0 aromatic heterocycles. The highest BCUT2D eigenvalue weighted by molar-refractivity contribution is 6.35. The van der Waals surface area contributed by atoms with Crippen molar-refractivity contribution in [2.75, 3.05) is 19.6 Å². The number of amides is 2. The number of halogens is 1. The normalized spacial score (nSPS) is 17.4. The van der Waals surface area contributed by atoms with E-state index in [0.29, 0.717) is 23.4 Å². The highest BCUT2D eigenvalue weighted by Crippen LogP contribution is 2.33. The van der Waals surface area contributed by atoms with Crippen LogP contribution >= 0.6 is 0 Å². The van der Waals surface area contributed by atoms with Crippen LogP contribution in [0.1, 0.15) is 83.1 Å². The van der Waals surface area contributed by atoms with Gasteiger partial charge in [0.1, 0.15) is 11.5 Å². The van der Waals surface area contributed by atoms with Crippen LogP contribution in [0, 0.1) is 5.82 Å². The van der Waals surface area contributed by atoms with E-state index in [1.165, 1.54) is 49.1 Å². The Morgan fingerprint density at radius 1 is 0.800 bits per heavy atom. The van der Waals surface area contributed by atoms with Crippen molar-refractivity contribution >= 4 is 17.4 Å². The number of benzene rings is 1. The number of imide groups is 1. The standard InChI is InChI=1S/C25H35FN2O2/c1-2-3-4-5-6-7-8-12-19-28-24(29)22(20-13-15-21(26)16-14-20)23(25(28)30)27-17-10-9-11-18-27/h13-16H,2-12,17-19H2,1H3. The van der Waals surface area contributed by atoms with Crippen molar-refractivity contribution in [3.8, 4) is 0 Å². The van der Waals surface area contributed by atoms with E-state index < -0.39 is 0 Å². The maximum atomic E-state index is 13.4. The molecule has 2 aliphatic heterocycles. The Bertz CT molecular complexity index is 751. The van der Waals surface area contributed by atoms with Crippen LogP contribution in [0.4, 0.5) is 4.39 Å². The molecular formula is C25H35FN2O2. The highest BCUT2D eigenvalue weighted by Gasteiger charge is 2.41.